The third kappa shape index (κ3) is 2.63. The second-order valence-electron chi connectivity index (χ2n) is 5.17. The number of anilines is 1. The van der Waals surface area contributed by atoms with Crippen LogP contribution in [0.4, 0.5) is 5.69 Å². The molecule has 2 heterocycles. The SMILES string of the molecule is CC1CCC(Cn2ccnc2-c2cccc(N)c2)O1. The van der Waals surface area contributed by atoms with Gasteiger partial charge in [0, 0.05) is 23.6 Å². The predicted molar refractivity (Wildman–Crippen MR) is 75.6 cm³/mol. The first kappa shape index (κ1) is 12.2. The van der Waals surface area contributed by atoms with Gasteiger partial charge in [-0.3, -0.25) is 0 Å². The predicted octanol–water partition coefficient (Wildman–Crippen LogP) is 2.70. The minimum absolute atomic E-state index is 0.295. The first-order chi connectivity index (χ1) is 9.22. The van der Waals surface area contributed by atoms with Crippen molar-refractivity contribution in [3.8, 4) is 11.4 Å². The Morgan fingerprint density at radius 3 is 3.05 bits per heavy atom. The smallest absolute Gasteiger partial charge is 0.140 e. The fourth-order valence-corrected chi connectivity index (χ4v) is 2.63. The highest BCUT2D eigenvalue weighted by Crippen LogP contribution is 2.24. The van der Waals surface area contributed by atoms with Gasteiger partial charge in [-0.25, -0.2) is 4.98 Å². The van der Waals surface area contributed by atoms with E-state index in [1.54, 1.807) is 0 Å². The molecular formula is C15H19N3O. The molecular weight excluding hydrogens is 238 g/mol. The second-order valence-corrected chi connectivity index (χ2v) is 5.17. The lowest BCUT2D eigenvalue weighted by atomic mass is 10.1. The van der Waals surface area contributed by atoms with Crippen LogP contribution in [-0.4, -0.2) is 21.8 Å². The van der Waals surface area contributed by atoms with Crippen LogP contribution in [0, 0.1) is 0 Å². The van der Waals surface area contributed by atoms with Gasteiger partial charge in [0.05, 0.1) is 18.8 Å². The molecule has 0 bridgehead atoms. The average molecular weight is 257 g/mol. The molecule has 1 aliphatic heterocycles. The summed E-state index contributed by atoms with van der Waals surface area (Å²) in [5, 5.41) is 0. The Bertz CT molecular complexity index is 564. The first-order valence-corrected chi connectivity index (χ1v) is 6.75. The number of aromatic nitrogens is 2. The summed E-state index contributed by atoms with van der Waals surface area (Å²) in [7, 11) is 0. The van der Waals surface area contributed by atoms with Gasteiger partial charge in [-0.15, -0.1) is 0 Å². The molecule has 2 aromatic rings. The number of nitrogens with two attached hydrogens (primary N) is 1. The molecule has 100 valence electrons. The number of nitrogen functional groups attached to an aromatic ring is 1. The monoisotopic (exact) mass is 257 g/mol. The highest BCUT2D eigenvalue weighted by Gasteiger charge is 2.22. The van der Waals surface area contributed by atoms with E-state index in [2.05, 4.69) is 16.5 Å². The Balaban J connectivity index is 1.82. The maximum atomic E-state index is 5.88. The van der Waals surface area contributed by atoms with E-state index in [4.69, 9.17) is 10.5 Å². The van der Waals surface area contributed by atoms with E-state index in [1.807, 2.05) is 36.7 Å². The normalized spacial score (nSPS) is 22.8. The lowest BCUT2D eigenvalue weighted by Gasteiger charge is -2.14. The van der Waals surface area contributed by atoms with Crippen molar-refractivity contribution in [2.24, 2.45) is 0 Å². The van der Waals surface area contributed by atoms with Gasteiger partial charge >= 0.3 is 0 Å². The van der Waals surface area contributed by atoms with Crippen molar-refractivity contribution < 1.29 is 4.74 Å². The molecule has 0 radical (unpaired) electrons. The van der Waals surface area contributed by atoms with Crippen molar-refractivity contribution >= 4 is 5.69 Å². The highest BCUT2D eigenvalue weighted by molar-refractivity contribution is 5.61. The molecule has 0 amide bonds. The number of rotatable bonds is 3. The fourth-order valence-electron chi connectivity index (χ4n) is 2.63. The van der Waals surface area contributed by atoms with Crippen LogP contribution in [-0.2, 0) is 11.3 Å². The van der Waals surface area contributed by atoms with Crippen LogP contribution in [0.15, 0.2) is 36.7 Å². The average Bonchev–Trinajstić information content (AvgIpc) is 2.99. The Hall–Kier alpha value is -1.81. The molecule has 2 unspecified atom stereocenters. The van der Waals surface area contributed by atoms with Crippen molar-refractivity contribution in [2.45, 2.75) is 38.5 Å². The summed E-state index contributed by atoms with van der Waals surface area (Å²) in [6, 6.07) is 7.83. The second kappa shape index (κ2) is 5.05. The summed E-state index contributed by atoms with van der Waals surface area (Å²) >= 11 is 0. The van der Waals surface area contributed by atoms with Gasteiger partial charge in [-0.1, -0.05) is 12.1 Å². The molecule has 2 atom stereocenters. The molecule has 1 aromatic heterocycles. The summed E-state index contributed by atoms with van der Waals surface area (Å²) in [6.45, 7) is 2.99. The Morgan fingerprint density at radius 1 is 1.42 bits per heavy atom. The van der Waals surface area contributed by atoms with E-state index >= 15 is 0 Å². The molecule has 4 nitrogen and oxygen atoms in total. The number of nitrogens with zero attached hydrogens (tertiary/aromatic N) is 2. The van der Waals surface area contributed by atoms with Gasteiger partial charge in [0.2, 0.25) is 0 Å². The van der Waals surface area contributed by atoms with Crippen molar-refractivity contribution in [3.63, 3.8) is 0 Å². The molecule has 0 saturated carbocycles. The quantitative estimate of drug-likeness (QED) is 0.860. The zero-order valence-electron chi connectivity index (χ0n) is 11.1. The van der Waals surface area contributed by atoms with Crippen LogP contribution in [0.1, 0.15) is 19.8 Å². The molecule has 0 aliphatic carbocycles. The maximum Gasteiger partial charge on any atom is 0.140 e. The first-order valence-electron chi connectivity index (χ1n) is 6.75. The summed E-state index contributed by atoms with van der Waals surface area (Å²) in [5.41, 5.74) is 7.65. The minimum Gasteiger partial charge on any atom is -0.399 e. The zero-order valence-corrected chi connectivity index (χ0v) is 11.1. The number of ether oxygens (including phenoxy) is 1. The minimum atomic E-state index is 0.295. The fraction of sp³-hybridized carbons (Fsp3) is 0.400. The molecule has 4 heteroatoms. The molecule has 1 aliphatic rings. The van der Waals surface area contributed by atoms with Crippen LogP contribution in [0.5, 0.6) is 0 Å². The largest absolute Gasteiger partial charge is 0.399 e. The lowest BCUT2D eigenvalue weighted by Crippen LogP contribution is -2.16. The van der Waals surface area contributed by atoms with Gasteiger partial charge in [0.15, 0.2) is 0 Å². The number of hydrogen-bond acceptors (Lipinski definition) is 3. The summed E-state index contributed by atoms with van der Waals surface area (Å²) in [5.74, 6) is 0.954. The number of benzene rings is 1. The standard InChI is InChI=1S/C15H19N3O/c1-11-5-6-14(19-11)10-18-8-7-17-15(18)12-3-2-4-13(16)9-12/h2-4,7-9,11,14H,5-6,10,16H2,1H3. The van der Waals surface area contributed by atoms with E-state index in [0.29, 0.717) is 12.2 Å². The van der Waals surface area contributed by atoms with Crippen molar-refractivity contribution in [1.29, 1.82) is 0 Å². The van der Waals surface area contributed by atoms with Crippen molar-refractivity contribution in [2.75, 3.05) is 5.73 Å². The van der Waals surface area contributed by atoms with Crippen LogP contribution >= 0.6 is 0 Å². The molecule has 2 N–H and O–H groups in total. The van der Waals surface area contributed by atoms with E-state index < -0.39 is 0 Å². The molecule has 3 rings (SSSR count). The topological polar surface area (TPSA) is 53.1 Å². The zero-order chi connectivity index (χ0) is 13.2. The van der Waals surface area contributed by atoms with Crippen LogP contribution < -0.4 is 5.73 Å². The van der Waals surface area contributed by atoms with Crippen LogP contribution in [0.25, 0.3) is 11.4 Å². The third-order valence-electron chi connectivity index (χ3n) is 3.58. The molecule has 1 fully saturated rings. The van der Waals surface area contributed by atoms with Gasteiger partial charge in [-0.2, -0.15) is 0 Å². The van der Waals surface area contributed by atoms with Crippen LogP contribution in [0.3, 0.4) is 0 Å². The van der Waals surface area contributed by atoms with E-state index in [1.165, 1.54) is 0 Å². The van der Waals surface area contributed by atoms with Crippen molar-refractivity contribution in [1.82, 2.24) is 9.55 Å². The van der Waals surface area contributed by atoms with Gasteiger partial charge < -0.3 is 15.0 Å². The van der Waals surface area contributed by atoms with Crippen molar-refractivity contribution in [3.05, 3.63) is 36.7 Å². The Labute approximate surface area is 113 Å². The van der Waals surface area contributed by atoms with Crippen LogP contribution in [0.2, 0.25) is 0 Å². The van der Waals surface area contributed by atoms with E-state index in [9.17, 15) is 0 Å². The maximum absolute atomic E-state index is 5.88. The molecule has 1 saturated heterocycles. The number of hydrogen-bond donors (Lipinski definition) is 1. The Kier molecular flexibility index (Phi) is 3.25. The molecule has 1 aromatic carbocycles. The number of imidazole rings is 1. The van der Waals surface area contributed by atoms with E-state index in [0.717, 1.165) is 36.5 Å². The van der Waals surface area contributed by atoms with E-state index in [-0.39, 0.29) is 0 Å². The summed E-state index contributed by atoms with van der Waals surface area (Å²) in [6.07, 6.45) is 6.78. The lowest BCUT2D eigenvalue weighted by molar-refractivity contribution is 0.0460. The van der Waals surface area contributed by atoms with Gasteiger partial charge in [0.1, 0.15) is 5.82 Å². The Morgan fingerprint density at radius 2 is 2.32 bits per heavy atom. The highest BCUT2D eigenvalue weighted by atomic mass is 16.5. The molecule has 0 spiro atoms. The van der Waals surface area contributed by atoms with Gasteiger partial charge in [-0.05, 0) is 31.9 Å². The molecule has 19 heavy (non-hydrogen) atoms. The third-order valence-corrected chi connectivity index (χ3v) is 3.58. The van der Waals surface area contributed by atoms with Gasteiger partial charge in [0.25, 0.3) is 0 Å². The summed E-state index contributed by atoms with van der Waals surface area (Å²) in [4.78, 5) is 4.44. The summed E-state index contributed by atoms with van der Waals surface area (Å²) < 4.78 is 8.03.